The second kappa shape index (κ2) is 8.39. The first-order valence-corrected chi connectivity index (χ1v) is 9.66. The number of amides is 1. The molecule has 0 aliphatic heterocycles. The van der Waals surface area contributed by atoms with Gasteiger partial charge in [0.15, 0.2) is 6.61 Å². The number of pyridine rings is 1. The van der Waals surface area contributed by atoms with Crippen molar-refractivity contribution in [2.24, 2.45) is 7.05 Å². The monoisotopic (exact) mass is 419 g/mol. The van der Waals surface area contributed by atoms with Crippen LogP contribution in [0.25, 0.3) is 11.1 Å². The van der Waals surface area contributed by atoms with Crippen LogP contribution in [0.4, 0.5) is 0 Å². The number of hydrogen-bond donors (Lipinski definition) is 1. The van der Waals surface area contributed by atoms with Gasteiger partial charge in [0, 0.05) is 25.1 Å². The van der Waals surface area contributed by atoms with Crippen LogP contribution in [0.5, 0.6) is 0 Å². The lowest BCUT2D eigenvalue weighted by Crippen LogP contribution is -2.34. The van der Waals surface area contributed by atoms with Gasteiger partial charge >= 0.3 is 5.97 Å². The van der Waals surface area contributed by atoms with Crippen molar-refractivity contribution in [2.45, 2.75) is 19.9 Å². The Hall–Kier alpha value is -4.01. The Morgan fingerprint density at radius 3 is 2.71 bits per heavy atom. The van der Waals surface area contributed by atoms with Crippen molar-refractivity contribution in [3.8, 4) is 0 Å². The standard InChI is InChI=1S/C22H21N5O4/c1-13-11-16(18-14(2)26-31-21(18)24-13)22(29)30-12-17(28)25-19(15-7-5-4-6-8-15)20-23-9-10-27(20)3/h4-11,19H,12H2,1-3H3,(H,25,28). The summed E-state index contributed by atoms with van der Waals surface area (Å²) in [7, 11) is 1.85. The van der Waals surface area contributed by atoms with Gasteiger partial charge < -0.3 is 19.1 Å². The van der Waals surface area contributed by atoms with Crippen LogP contribution in [-0.2, 0) is 16.6 Å². The van der Waals surface area contributed by atoms with E-state index < -0.39 is 24.5 Å². The van der Waals surface area contributed by atoms with Gasteiger partial charge in [0.25, 0.3) is 11.6 Å². The van der Waals surface area contributed by atoms with Gasteiger partial charge in [-0.25, -0.2) is 14.8 Å². The van der Waals surface area contributed by atoms with Crippen molar-refractivity contribution in [3.63, 3.8) is 0 Å². The summed E-state index contributed by atoms with van der Waals surface area (Å²) in [6, 6.07) is 10.6. The van der Waals surface area contributed by atoms with Crippen molar-refractivity contribution < 1.29 is 18.8 Å². The Bertz CT molecular complexity index is 1250. The smallest absolute Gasteiger partial charge is 0.339 e. The molecule has 0 bridgehead atoms. The predicted octanol–water partition coefficient (Wildman–Crippen LogP) is 2.64. The molecule has 9 heteroatoms. The maximum absolute atomic E-state index is 12.7. The zero-order valence-electron chi connectivity index (χ0n) is 17.3. The average Bonchev–Trinajstić information content (AvgIpc) is 3.35. The molecule has 3 aromatic heterocycles. The van der Waals surface area contributed by atoms with E-state index in [9.17, 15) is 9.59 Å². The summed E-state index contributed by atoms with van der Waals surface area (Å²) in [6.45, 7) is 3.00. The molecule has 1 aromatic carbocycles. The molecule has 31 heavy (non-hydrogen) atoms. The summed E-state index contributed by atoms with van der Waals surface area (Å²) >= 11 is 0. The van der Waals surface area contributed by atoms with Gasteiger partial charge in [0.05, 0.1) is 16.6 Å². The highest BCUT2D eigenvalue weighted by Gasteiger charge is 2.23. The SMILES string of the molecule is Cc1cc(C(=O)OCC(=O)NC(c2ccccc2)c2nccn2C)c2c(C)noc2n1. The Morgan fingerprint density at radius 1 is 1.23 bits per heavy atom. The maximum Gasteiger partial charge on any atom is 0.339 e. The number of esters is 1. The molecule has 4 aromatic rings. The summed E-state index contributed by atoms with van der Waals surface area (Å²) < 4.78 is 12.3. The molecule has 158 valence electrons. The second-order valence-corrected chi connectivity index (χ2v) is 7.14. The Labute approximate surface area is 178 Å². The van der Waals surface area contributed by atoms with E-state index in [0.29, 0.717) is 22.6 Å². The van der Waals surface area contributed by atoms with Crippen molar-refractivity contribution in [3.05, 3.63) is 77.1 Å². The fourth-order valence-electron chi connectivity index (χ4n) is 3.39. The topological polar surface area (TPSA) is 112 Å². The third-order valence-corrected chi connectivity index (χ3v) is 4.85. The fraction of sp³-hybridized carbons (Fsp3) is 0.227. The molecule has 1 amide bonds. The zero-order chi connectivity index (χ0) is 22.0. The van der Waals surface area contributed by atoms with Gasteiger partial charge in [-0.2, -0.15) is 0 Å². The molecule has 0 aliphatic rings. The van der Waals surface area contributed by atoms with E-state index in [1.807, 2.05) is 41.9 Å². The van der Waals surface area contributed by atoms with E-state index in [1.54, 1.807) is 32.3 Å². The highest BCUT2D eigenvalue weighted by molar-refractivity contribution is 6.03. The van der Waals surface area contributed by atoms with Crippen molar-refractivity contribution in [2.75, 3.05) is 6.61 Å². The molecule has 1 N–H and O–H groups in total. The highest BCUT2D eigenvalue weighted by Crippen LogP contribution is 2.23. The van der Waals surface area contributed by atoms with Gasteiger partial charge in [-0.05, 0) is 25.5 Å². The van der Waals surface area contributed by atoms with Crippen molar-refractivity contribution >= 4 is 23.0 Å². The Morgan fingerprint density at radius 2 is 2.00 bits per heavy atom. The Balaban J connectivity index is 1.50. The first-order valence-electron chi connectivity index (χ1n) is 9.66. The number of imidazole rings is 1. The van der Waals surface area contributed by atoms with Crippen molar-refractivity contribution in [1.82, 2.24) is 25.0 Å². The third-order valence-electron chi connectivity index (χ3n) is 4.85. The minimum absolute atomic E-state index is 0.257. The van der Waals surface area contributed by atoms with Gasteiger partial charge in [-0.15, -0.1) is 0 Å². The van der Waals surface area contributed by atoms with Crippen LogP contribution < -0.4 is 5.32 Å². The van der Waals surface area contributed by atoms with Crippen molar-refractivity contribution in [1.29, 1.82) is 0 Å². The third kappa shape index (κ3) is 4.16. The van der Waals surface area contributed by atoms with Crippen LogP contribution in [0.3, 0.4) is 0 Å². The van der Waals surface area contributed by atoms with Gasteiger partial charge in [-0.3, -0.25) is 4.79 Å². The lowest BCUT2D eigenvalue weighted by Gasteiger charge is -2.19. The summed E-state index contributed by atoms with van der Waals surface area (Å²) in [5.74, 6) is -0.433. The Kier molecular flexibility index (Phi) is 5.48. The van der Waals surface area contributed by atoms with Gasteiger partial charge in [-0.1, -0.05) is 35.5 Å². The number of aromatic nitrogens is 4. The second-order valence-electron chi connectivity index (χ2n) is 7.14. The molecule has 4 rings (SSSR count). The van der Waals surface area contributed by atoms with E-state index in [-0.39, 0.29) is 11.3 Å². The van der Waals surface area contributed by atoms with Crippen LogP contribution in [0, 0.1) is 13.8 Å². The molecule has 0 aliphatic carbocycles. The number of fused-ring (bicyclic) bond motifs is 1. The van der Waals surface area contributed by atoms with E-state index in [1.165, 1.54) is 0 Å². The number of carbonyl (C=O) groups excluding carboxylic acids is 2. The molecule has 1 atom stereocenters. The number of carbonyl (C=O) groups is 2. The number of ether oxygens (including phenoxy) is 1. The normalized spacial score (nSPS) is 12.0. The molecular weight excluding hydrogens is 398 g/mol. The van der Waals surface area contributed by atoms with Crippen LogP contribution in [-0.4, -0.2) is 38.2 Å². The molecule has 0 radical (unpaired) electrons. The minimum atomic E-state index is -0.648. The summed E-state index contributed by atoms with van der Waals surface area (Å²) in [5.41, 5.74) is 2.49. The summed E-state index contributed by atoms with van der Waals surface area (Å²) in [5, 5.41) is 7.22. The van der Waals surface area contributed by atoms with Gasteiger partial charge in [0.2, 0.25) is 0 Å². The first kappa shape index (κ1) is 20.3. The largest absolute Gasteiger partial charge is 0.452 e. The first-order chi connectivity index (χ1) is 14.9. The molecule has 9 nitrogen and oxygen atoms in total. The van der Waals surface area contributed by atoms with E-state index >= 15 is 0 Å². The lowest BCUT2D eigenvalue weighted by atomic mass is 10.1. The maximum atomic E-state index is 12.7. The highest BCUT2D eigenvalue weighted by atomic mass is 16.5. The molecule has 0 saturated carbocycles. The lowest BCUT2D eigenvalue weighted by molar-refractivity contribution is -0.124. The molecule has 1 unspecified atom stereocenters. The molecule has 0 fully saturated rings. The van der Waals surface area contributed by atoms with E-state index in [0.717, 1.165) is 5.56 Å². The quantitative estimate of drug-likeness (QED) is 0.478. The van der Waals surface area contributed by atoms with E-state index in [4.69, 9.17) is 9.26 Å². The number of rotatable bonds is 6. The molecule has 3 heterocycles. The predicted molar refractivity (Wildman–Crippen MR) is 111 cm³/mol. The molecule has 0 saturated heterocycles. The summed E-state index contributed by atoms with van der Waals surface area (Å²) in [6.07, 6.45) is 3.46. The zero-order valence-corrected chi connectivity index (χ0v) is 17.3. The molecule has 0 spiro atoms. The number of nitrogens with one attached hydrogen (secondary N) is 1. The minimum Gasteiger partial charge on any atom is -0.452 e. The summed E-state index contributed by atoms with van der Waals surface area (Å²) in [4.78, 5) is 33.9. The van der Waals surface area contributed by atoms with Crippen LogP contribution in [0.1, 0.15) is 39.2 Å². The number of nitrogens with zero attached hydrogens (tertiary/aromatic N) is 4. The van der Waals surface area contributed by atoms with Crippen LogP contribution >= 0.6 is 0 Å². The number of hydrogen-bond acceptors (Lipinski definition) is 7. The van der Waals surface area contributed by atoms with Gasteiger partial charge in [0.1, 0.15) is 11.9 Å². The van der Waals surface area contributed by atoms with E-state index in [2.05, 4.69) is 20.4 Å². The fourth-order valence-corrected chi connectivity index (χ4v) is 3.39. The number of benzene rings is 1. The average molecular weight is 419 g/mol. The molecular formula is C22H21N5O4. The van der Waals surface area contributed by atoms with Crippen LogP contribution in [0.2, 0.25) is 0 Å². The van der Waals surface area contributed by atoms with Crippen LogP contribution in [0.15, 0.2) is 53.3 Å². The number of aryl methyl sites for hydroxylation is 3.